The second-order valence-corrected chi connectivity index (χ2v) is 8.79. The van der Waals surface area contributed by atoms with E-state index >= 15 is 0 Å². The van der Waals surface area contributed by atoms with Crippen molar-refractivity contribution < 1.29 is 9.47 Å². The summed E-state index contributed by atoms with van der Waals surface area (Å²) in [5.74, 6) is 1.58. The molecular weight excluding hydrogens is 414 g/mol. The molecule has 33 heavy (non-hydrogen) atoms. The summed E-state index contributed by atoms with van der Waals surface area (Å²) in [6.07, 6.45) is 2.11. The number of hydrogen-bond acceptors (Lipinski definition) is 5. The fourth-order valence-corrected chi connectivity index (χ4v) is 4.92. The summed E-state index contributed by atoms with van der Waals surface area (Å²) in [6, 6.07) is 22.4. The molecule has 4 aromatic rings. The minimum atomic E-state index is -0.0576. The van der Waals surface area contributed by atoms with Crippen molar-refractivity contribution in [3.63, 3.8) is 0 Å². The fourth-order valence-electron chi connectivity index (χ4n) is 4.92. The largest absolute Gasteiger partial charge is 0.454 e. The highest BCUT2D eigenvalue weighted by molar-refractivity contribution is 5.93. The first kappa shape index (κ1) is 20.0. The van der Waals surface area contributed by atoms with Crippen LogP contribution in [0.1, 0.15) is 30.0 Å². The predicted octanol–water partition coefficient (Wildman–Crippen LogP) is 4.90. The molecule has 0 spiro atoms. The van der Waals surface area contributed by atoms with Crippen LogP contribution >= 0.6 is 0 Å². The zero-order valence-electron chi connectivity index (χ0n) is 18.5. The van der Waals surface area contributed by atoms with Crippen molar-refractivity contribution in [3.05, 3.63) is 88.2 Å². The standard InChI is InChI=1S/C27H25N3O3/c1-18-8-10-19(11-9-18)26-21-5-2-3-6-22(21)27(31)30(28-26)16-29-14-4-7-23(29)20-12-13-24-25(15-20)33-17-32-24/h2-3,5-6,8-13,15,23H,4,7,14,16-17H2,1H3. The number of aryl methyl sites for hydroxylation is 1. The van der Waals surface area contributed by atoms with Crippen LogP contribution in [0.4, 0.5) is 0 Å². The van der Waals surface area contributed by atoms with E-state index in [0.29, 0.717) is 12.1 Å². The number of fused-ring (bicyclic) bond motifs is 2. The van der Waals surface area contributed by atoms with Gasteiger partial charge in [0.25, 0.3) is 5.56 Å². The number of aromatic nitrogens is 2. The molecule has 2 aliphatic rings. The Kier molecular flexibility index (Phi) is 4.88. The summed E-state index contributed by atoms with van der Waals surface area (Å²) in [4.78, 5) is 15.7. The molecule has 0 N–H and O–H groups in total. The van der Waals surface area contributed by atoms with E-state index in [2.05, 4.69) is 48.2 Å². The summed E-state index contributed by atoms with van der Waals surface area (Å²) in [5, 5.41) is 6.45. The molecule has 0 radical (unpaired) electrons. The Morgan fingerprint density at radius 2 is 1.76 bits per heavy atom. The Bertz CT molecular complexity index is 1390. The van der Waals surface area contributed by atoms with E-state index in [1.807, 2.05) is 30.3 Å². The summed E-state index contributed by atoms with van der Waals surface area (Å²) >= 11 is 0. The lowest BCUT2D eigenvalue weighted by Gasteiger charge is -2.25. The maximum absolute atomic E-state index is 13.4. The van der Waals surface area contributed by atoms with Gasteiger partial charge in [-0.25, -0.2) is 4.68 Å². The van der Waals surface area contributed by atoms with Crippen LogP contribution in [0.5, 0.6) is 11.5 Å². The van der Waals surface area contributed by atoms with E-state index in [1.165, 1.54) is 11.1 Å². The van der Waals surface area contributed by atoms with Crippen molar-refractivity contribution in [3.8, 4) is 22.8 Å². The molecule has 3 aromatic carbocycles. The lowest BCUT2D eigenvalue weighted by atomic mass is 10.0. The molecular formula is C27H25N3O3. The van der Waals surface area contributed by atoms with Gasteiger partial charge in [0.15, 0.2) is 11.5 Å². The van der Waals surface area contributed by atoms with Crippen LogP contribution in [0.25, 0.3) is 22.0 Å². The molecule has 1 atom stereocenters. The van der Waals surface area contributed by atoms with Crippen molar-refractivity contribution >= 4 is 10.8 Å². The summed E-state index contributed by atoms with van der Waals surface area (Å²) in [6.45, 7) is 3.70. The van der Waals surface area contributed by atoms with Gasteiger partial charge in [-0.2, -0.15) is 5.10 Å². The van der Waals surface area contributed by atoms with Crippen molar-refractivity contribution in [1.82, 2.24) is 14.7 Å². The lowest BCUT2D eigenvalue weighted by molar-refractivity contribution is 0.173. The van der Waals surface area contributed by atoms with Crippen LogP contribution in [-0.2, 0) is 6.67 Å². The van der Waals surface area contributed by atoms with Crippen LogP contribution in [0.3, 0.4) is 0 Å². The maximum Gasteiger partial charge on any atom is 0.275 e. The van der Waals surface area contributed by atoms with Gasteiger partial charge < -0.3 is 9.47 Å². The Balaban J connectivity index is 1.39. The number of rotatable bonds is 4. The lowest BCUT2D eigenvalue weighted by Crippen LogP contribution is -2.34. The topological polar surface area (TPSA) is 56.6 Å². The van der Waals surface area contributed by atoms with Gasteiger partial charge in [0.05, 0.1) is 17.7 Å². The Hall–Kier alpha value is -3.64. The second kappa shape index (κ2) is 8.05. The molecule has 166 valence electrons. The molecule has 3 heterocycles. The third kappa shape index (κ3) is 3.56. The predicted molar refractivity (Wildman–Crippen MR) is 127 cm³/mol. The molecule has 1 aromatic heterocycles. The number of benzene rings is 3. The van der Waals surface area contributed by atoms with Gasteiger partial charge in [0, 0.05) is 23.5 Å². The number of likely N-dealkylation sites (tertiary alicyclic amines) is 1. The molecule has 0 aliphatic carbocycles. The highest BCUT2D eigenvalue weighted by Gasteiger charge is 2.28. The Morgan fingerprint density at radius 1 is 0.970 bits per heavy atom. The molecule has 0 bridgehead atoms. The van der Waals surface area contributed by atoms with Crippen LogP contribution in [-0.4, -0.2) is 28.0 Å². The Labute approximate surface area is 192 Å². The third-order valence-corrected chi connectivity index (χ3v) is 6.65. The zero-order chi connectivity index (χ0) is 22.4. The molecule has 1 unspecified atom stereocenters. The fraction of sp³-hybridized carbons (Fsp3) is 0.259. The average molecular weight is 440 g/mol. The average Bonchev–Trinajstić information content (AvgIpc) is 3.50. The molecule has 1 saturated heterocycles. The van der Waals surface area contributed by atoms with E-state index in [4.69, 9.17) is 14.6 Å². The third-order valence-electron chi connectivity index (χ3n) is 6.65. The first-order valence-corrected chi connectivity index (χ1v) is 11.4. The van der Waals surface area contributed by atoms with Gasteiger partial charge in [-0.1, -0.05) is 54.1 Å². The number of nitrogens with zero attached hydrogens (tertiary/aromatic N) is 3. The molecule has 6 rings (SSSR count). The highest BCUT2D eigenvalue weighted by Crippen LogP contribution is 2.39. The van der Waals surface area contributed by atoms with E-state index in [1.54, 1.807) is 4.68 Å². The van der Waals surface area contributed by atoms with Gasteiger partial charge in [0.2, 0.25) is 6.79 Å². The van der Waals surface area contributed by atoms with Gasteiger partial charge in [-0.05, 0) is 43.5 Å². The van der Waals surface area contributed by atoms with Crippen LogP contribution < -0.4 is 15.0 Å². The minimum absolute atomic E-state index is 0.0576. The van der Waals surface area contributed by atoms with E-state index < -0.39 is 0 Å². The van der Waals surface area contributed by atoms with Gasteiger partial charge >= 0.3 is 0 Å². The number of ether oxygens (including phenoxy) is 2. The zero-order valence-corrected chi connectivity index (χ0v) is 18.5. The minimum Gasteiger partial charge on any atom is -0.454 e. The van der Waals surface area contributed by atoms with Crippen molar-refractivity contribution in [2.75, 3.05) is 13.3 Å². The molecule has 2 aliphatic heterocycles. The van der Waals surface area contributed by atoms with Crippen molar-refractivity contribution in [2.24, 2.45) is 0 Å². The quantitative estimate of drug-likeness (QED) is 0.453. The van der Waals surface area contributed by atoms with Crippen LogP contribution in [0.15, 0.2) is 71.5 Å². The van der Waals surface area contributed by atoms with Crippen molar-refractivity contribution in [1.29, 1.82) is 0 Å². The second-order valence-electron chi connectivity index (χ2n) is 8.79. The summed E-state index contributed by atoms with van der Waals surface area (Å²) < 4.78 is 12.7. The van der Waals surface area contributed by atoms with E-state index in [-0.39, 0.29) is 18.4 Å². The van der Waals surface area contributed by atoms with E-state index in [0.717, 1.165) is 47.5 Å². The first-order valence-electron chi connectivity index (χ1n) is 11.4. The maximum atomic E-state index is 13.4. The van der Waals surface area contributed by atoms with Crippen LogP contribution in [0, 0.1) is 6.92 Å². The van der Waals surface area contributed by atoms with E-state index in [9.17, 15) is 4.79 Å². The summed E-state index contributed by atoms with van der Waals surface area (Å²) in [5.41, 5.74) is 4.17. The highest BCUT2D eigenvalue weighted by atomic mass is 16.7. The van der Waals surface area contributed by atoms with Crippen LogP contribution in [0.2, 0.25) is 0 Å². The smallest absolute Gasteiger partial charge is 0.275 e. The molecule has 0 amide bonds. The molecule has 0 saturated carbocycles. The molecule has 6 heteroatoms. The molecule has 1 fully saturated rings. The Morgan fingerprint density at radius 3 is 2.61 bits per heavy atom. The monoisotopic (exact) mass is 439 g/mol. The summed E-state index contributed by atoms with van der Waals surface area (Å²) in [7, 11) is 0. The normalized spacial score (nSPS) is 17.7. The number of hydrogen-bond donors (Lipinski definition) is 0. The van der Waals surface area contributed by atoms with Gasteiger partial charge in [0.1, 0.15) is 0 Å². The van der Waals surface area contributed by atoms with Gasteiger partial charge in [-0.15, -0.1) is 0 Å². The van der Waals surface area contributed by atoms with Gasteiger partial charge in [-0.3, -0.25) is 9.69 Å². The van der Waals surface area contributed by atoms with Crippen molar-refractivity contribution in [2.45, 2.75) is 32.5 Å². The first-order chi connectivity index (χ1) is 16.2. The molecule has 6 nitrogen and oxygen atoms in total. The SMILES string of the molecule is Cc1ccc(-c2nn(CN3CCCC3c3ccc4c(c3)OCO4)c(=O)c3ccccc23)cc1.